The van der Waals surface area contributed by atoms with Crippen molar-refractivity contribution in [1.29, 1.82) is 0 Å². The van der Waals surface area contributed by atoms with Crippen molar-refractivity contribution in [2.75, 3.05) is 29.0 Å². The predicted molar refractivity (Wildman–Crippen MR) is 103 cm³/mol. The highest BCUT2D eigenvalue weighted by atomic mass is 35.5. The zero-order chi connectivity index (χ0) is 15.4. The van der Waals surface area contributed by atoms with E-state index in [4.69, 9.17) is 5.73 Å². The van der Waals surface area contributed by atoms with Crippen molar-refractivity contribution in [2.45, 2.75) is 19.3 Å². The first-order chi connectivity index (χ1) is 10.7. The number of benzene rings is 1. The molecule has 1 aromatic heterocycles. The number of hydrogen-bond donors (Lipinski definition) is 2. The lowest BCUT2D eigenvalue weighted by atomic mass is 10.2. The van der Waals surface area contributed by atoms with Crippen LogP contribution in [-0.2, 0) is 11.2 Å². The van der Waals surface area contributed by atoms with Crippen LogP contribution in [0.2, 0.25) is 0 Å². The molecule has 0 bridgehead atoms. The zero-order valence-electron chi connectivity index (χ0n) is 13.3. The van der Waals surface area contributed by atoms with Gasteiger partial charge in [0.05, 0.1) is 18.3 Å². The Hall–Kier alpha value is -1.98. The van der Waals surface area contributed by atoms with Crippen molar-refractivity contribution >= 4 is 47.8 Å². The molecule has 1 aliphatic heterocycles. The molecule has 1 fully saturated rings. The fourth-order valence-corrected chi connectivity index (χ4v) is 2.67. The maximum absolute atomic E-state index is 12.1. The van der Waals surface area contributed by atoms with Crippen molar-refractivity contribution in [1.82, 2.24) is 4.98 Å². The Balaban J connectivity index is 0.00000144. The molecule has 5 nitrogen and oxygen atoms in total. The van der Waals surface area contributed by atoms with Gasteiger partial charge in [0.25, 0.3) is 0 Å². The van der Waals surface area contributed by atoms with Crippen LogP contribution in [0.25, 0.3) is 0 Å². The SMILES string of the molecule is Cl.Cl.Nc1ccc(CC(=O)Nc2cccc(N3CCCC3)c2)nc1. The van der Waals surface area contributed by atoms with Crippen molar-refractivity contribution in [3.63, 3.8) is 0 Å². The van der Waals surface area contributed by atoms with Gasteiger partial charge in [-0.1, -0.05) is 6.07 Å². The highest BCUT2D eigenvalue weighted by Gasteiger charge is 2.13. The second-order valence-corrected chi connectivity index (χ2v) is 5.55. The maximum Gasteiger partial charge on any atom is 0.230 e. The van der Waals surface area contributed by atoms with Crippen LogP contribution in [0, 0.1) is 0 Å². The molecule has 1 saturated heterocycles. The molecule has 7 heteroatoms. The molecule has 0 radical (unpaired) electrons. The van der Waals surface area contributed by atoms with Crippen LogP contribution < -0.4 is 16.0 Å². The van der Waals surface area contributed by atoms with Gasteiger partial charge in [0.15, 0.2) is 0 Å². The van der Waals surface area contributed by atoms with E-state index in [1.54, 1.807) is 18.3 Å². The number of nitrogens with two attached hydrogens (primary N) is 1. The van der Waals surface area contributed by atoms with Gasteiger partial charge < -0.3 is 16.0 Å². The number of pyridine rings is 1. The van der Waals surface area contributed by atoms with Gasteiger partial charge in [-0.2, -0.15) is 0 Å². The van der Waals surface area contributed by atoms with Crippen molar-refractivity contribution in [3.05, 3.63) is 48.3 Å². The van der Waals surface area contributed by atoms with E-state index < -0.39 is 0 Å². The van der Waals surface area contributed by atoms with E-state index >= 15 is 0 Å². The lowest BCUT2D eigenvalue weighted by Crippen LogP contribution is -2.18. The first-order valence-electron chi connectivity index (χ1n) is 7.56. The summed E-state index contributed by atoms with van der Waals surface area (Å²) in [6, 6.07) is 11.5. The van der Waals surface area contributed by atoms with Gasteiger partial charge >= 0.3 is 0 Å². The third kappa shape index (κ3) is 5.28. The molecule has 0 aliphatic carbocycles. The highest BCUT2D eigenvalue weighted by Crippen LogP contribution is 2.23. The van der Waals surface area contributed by atoms with Gasteiger partial charge in [-0.3, -0.25) is 9.78 Å². The molecule has 3 N–H and O–H groups in total. The van der Waals surface area contributed by atoms with Gasteiger partial charge in [0.1, 0.15) is 0 Å². The molecule has 0 unspecified atom stereocenters. The summed E-state index contributed by atoms with van der Waals surface area (Å²) in [7, 11) is 0. The third-order valence-electron chi connectivity index (χ3n) is 3.79. The van der Waals surface area contributed by atoms with Gasteiger partial charge in [-0.05, 0) is 43.2 Å². The minimum Gasteiger partial charge on any atom is -0.397 e. The number of carbonyl (C=O) groups excluding carboxylic acids is 1. The summed E-state index contributed by atoms with van der Waals surface area (Å²) in [5.74, 6) is -0.0733. The lowest BCUT2D eigenvalue weighted by molar-refractivity contribution is -0.115. The molecule has 1 aliphatic rings. The number of carbonyl (C=O) groups is 1. The molecule has 0 spiro atoms. The quantitative estimate of drug-likeness (QED) is 0.868. The minimum atomic E-state index is -0.0733. The first-order valence-corrected chi connectivity index (χ1v) is 7.56. The summed E-state index contributed by atoms with van der Waals surface area (Å²) in [6.07, 6.45) is 4.28. The first kappa shape index (κ1) is 20.1. The van der Waals surface area contributed by atoms with E-state index in [0.29, 0.717) is 11.4 Å². The zero-order valence-corrected chi connectivity index (χ0v) is 14.9. The van der Waals surface area contributed by atoms with Crippen LogP contribution in [0.15, 0.2) is 42.6 Å². The molecule has 2 aromatic rings. The Morgan fingerprint density at radius 1 is 1.17 bits per heavy atom. The number of nitrogens with zero attached hydrogens (tertiary/aromatic N) is 2. The summed E-state index contributed by atoms with van der Waals surface area (Å²) in [5.41, 5.74) is 8.89. The molecule has 3 rings (SSSR count). The normalized spacial score (nSPS) is 12.9. The van der Waals surface area contributed by atoms with Gasteiger partial charge in [0, 0.05) is 30.2 Å². The highest BCUT2D eigenvalue weighted by molar-refractivity contribution is 5.92. The number of anilines is 3. The summed E-state index contributed by atoms with van der Waals surface area (Å²) >= 11 is 0. The molecule has 24 heavy (non-hydrogen) atoms. The number of halogens is 2. The van der Waals surface area contributed by atoms with E-state index in [0.717, 1.165) is 18.8 Å². The van der Waals surface area contributed by atoms with Crippen LogP contribution in [-0.4, -0.2) is 24.0 Å². The van der Waals surface area contributed by atoms with Crippen LogP contribution >= 0.6 is 24.8 Å². The standard InChI is InChI=1S/C17H20N4O.2ClH/c18-13-6-7-14(19-12-13)11-17(22)20-15-4-3-5-16(10-15)21-8-1-2-9-21;;/h3-7,10,12H,1-2,8-9,11,18H2,(H,20,22);2*1H. The molecular formula is C17H22Cl2N4O. The van der Waals surface area contributed by atoms with Crippen molar-refractivity contribution < 1.29 is 4.79 Å². The van der Waals surface area contributed by atoms with E-state index in [1.165, 1.54) is 18.5 Å². The summed E-state index contributed by atoms with van der Waals surface area (Å²) in [5, 5.41) is 2.93. The molecule has 1 aromatic carbocycles. The van der Waals surface area contributed by atoms with Crippen LogP contribution in [0.5, 0.6) is 0 Å². The fraction of sp³-hybridized carbons (Fsp3) is 0.294. The topological polar surface area (TPSA) is 71.2 Å². The number of hydrogen-bond acceptors (Lipinski definition) is 4. The Morgan fingerprint density at radius 2 is 1.92 bits per heavy atom. The van der Waals surface area contributed by atoms with E-state index in [2.05, 4.69) is 21.3 Å². The van der Waals surface area contributed by atoms with E-state index in [9.17, 15) is 4.79 Å². The van der Waals surface area contributed by atoms with E-state index in [-0.39, 0.29) is 37.1 Å². The third-order valence-corrected chi connectivity index (χ3v) is 3.79. The summed E-state index contributed by atoms with van der Waals surface area (Å²) in [4.78, 5) is 18.6. The summed E-state index contributed by atoms with van der Waals surface area (Å²) in [6.45, 7) is 2.18. The van der Waals surface area contributed by atoms with Crippen molar-refractivity contribution in [3.8, 4) is 0 Å². The second-order valence-electron chi connectivity index (χ2n) is 5.55. The largest absolute Gasteiger partial charge is 0.397 e. The molecule has 1 amide bonds. The molecule has 0 atom stereocenters. The molecule has 2 heterocycles. The molecular weight excluding hydrogens is 347 g/mol. The van der Waals surface area contributed by atoms with Crippen molar-refractivity contribution in [2.24, 2.45) is 0 Å². The summed E-state index contributed by atoms with van der Waals surface area (Å²) < 4.78 is 0. The Labute approximate surface area is 154 Å². The van der Waals surface area contributed by atoms with Gasteiger partial charge in [-0.25, -0.2) is 0 Å². The smallest absolute Gasteiger partial charge is 0.230 e. The number of nitrogens with one attached hydrogen (secondary N) is 1. The van der Waals surface area contributed by atoms with Crippen LogP contribution in [0.3, 0.4) is 0 Å². The number of aromatic nitrogens is 1. The number of amides is 1. The minimum absolute atomic E-state index is 0. The van der Waals surface area contributed by atoms with Gasteiger partial charge in [-0.15, -0.1) is 24.8 Å². The average molecular weight is 369 g/mol. The Morgan fingerprint density at radius 3 is 2.58 bits per heavy atom. The Kier molecular flexibility index (Phi) is 7.82. The van der Waals surface area contributed by atoms with E-state index in [1.807, 2.05) is 18.2 Å². The monoisotopic (exact) mass is 368 g/mol. The van der Waals surface area contributed by atoms with Crippen LogP contribution in [0.1, 0.15) is 18.5 Å². The maximum atomic E-state index is 12.1. The number of nitrogen functional groups attached to an aromatic ring is 1. The fourth-order valence-electron chi connectivity index (χ4n) is 2.67. The lowest BCUT2D eigenvalue weighted by Gasteiger charge is -2.18. The van der Waals surface area contributed by atoms with Gasteiger partial charge in [0.2, 0.25) is 5.91 Å². The predicted octanol–water partition coefficient (Wildman–Crippen LogP) is 3.29. The average Bonchev–Trinajstić information content (AvgIpc) is 3.04. The van der Waals surface area contributed by atoms with Crippen LogP contribution in [0.4, 0.5) is 17.1 Å². The Bertz CT molecular complexity index is 658. The molecule has 0 saturated carbocycles. The molecule has 130 valence electrons. The number of rotatable bonds is 4. The second kappa shape index (κ2) is 9.35.